The lowest BCUT2D eigenvalue weighted by Gasteiger charge is -2.13. The molecule has 0 saturated heterocycles. The molecular formula is C35H22N4. The van der Waals surface area contributed by atoms with E-state index in [4.69, 9.17) is 9.97 Å². The first-order valence-corrected chi connectivity index (χ1v) is 13.0. The molecule has 4 heterocycles. The van der Waals surface area contributed by atoms with Crippen molar-refractivity contribution >= 4 is 43.4 Å². The largest absolute Gasteiger partial charge is 0.293 e. The Kier molecular flexibility index (Phi) is 4.79. The Morgan fingerprint density at radius 3 is 1.97 bits per heavy atom. The lowest BCUT2D eigenvalue weighted by molar-refractivity contribution is 1.10. The molecule has 0 bridgehead atoms. The van der Waals surface area contributed by atoms with Crippen LogP contribution in [-0.2, 0) is 0 Å². The van der Waals surface area contributed by atoms with Crippen molar-refractivity contribution in [1.82, 2.24) is 19.5 Å². The second kappa shape index (κ2) is 8.61. The first-order chi connectivity index (χ1) is 19.4. The lowest BCUT2D eigenvalue weighted by atomic mass is 9.97. The molecule has 0 atom stereocenters. The summed E-state index contributed by atoms with van der Waals surface area (Å²) < 4.78 is 2.33. The summed E-state index contributed by atoms with van der Waals surface area (Å²) in [6.07, 6.45) is 5.61. The Morgan fingerprint density at radius 1 is 0.462 bits per heavy atom. The number of rotatable bonds is 3. The third-order valence-corrected chi connectivity index (χ3v) is 7.53. The van der Waals surface area contributed by atoms with Crippen molar-refractivity contribution in [3.8, 4) is 28.3 Å². The van der Waals surface area contributed by atoms with Gasteiger partial charge in [-0.3, -0.25) is 14.5 Å². The molecule has 0 aliphatic rings. The molecule has 39 heavy (non-hydrogen) atoms. The van der Waals surface area contributed by atoms with Crippen LogP contribution in [0.3, 0.4) is 0 Å². The van der Waals surface area contributed by atoms with Gasteiger partial charge in [0.2, 0.25) is 0 Å². The first-order valence-electron chi connectivity index (χ1n) is 13.0. The summed E-state index contributed by atoms with van der Waals surface area (Å²) in [5, 5.41) is 6.93. The first kappa shape index (κ1) is 21.7. The van der Waals surface area contributed by atoms with E-state index in [9.17, 15) is 0 Å². The molecule has 4 aromatic heterocycles. The molecule has 0 N–H and O–H groups in total. The second-order valence-electron chi connectivity index (χ2n) is 9.72. The summed E-state index contributed by atoms with van der Waals surface area (Å²) in [5.74, 6) is 0.925. The molecule has 0 spiro atoms. The predicted molar refractivity (Wildman–Crippen MR) is 160 cm³/mol. The molecule has 0 aliphatic heterocycles. The SMILES string of the molecule is c1ccc(-c2ccc3c(c2)c2cc(-c4ccccn4)c4ccccc4c2n3-c2nccc3ccccc23)nc1. The van der Waals surface area contributed by atoms with Gasteiger partial charge in [0.25, 0.3) is 0 Å². The van der Waals surface area contributed by atoms with Crippen LogP contribution in [0, 0.1) is 0 Å². The third kappa shape index (κ3) is 3.35. The Labute approximate surface area is 224 Å². The summed E-state index contributed by atoms with van der Waals surface area (Å²) in [5.41, 5.74) is 6.36. The maximum absolute atomic E-state index is 4.96. The smallest absolute Gasteiger partial charge is 0.145 e. The average Bonchev–Trinajstić information content (AvgIpc) is 3.35. The highest BCUT2D eigenvalue weighted by Gasteiger charge is 2.20. The summed E-state index contributed by atoms with van der Waals surface area (Å²) in [4.78, 5) is 14.3. The van der Waals surface area contributed by atoms with Gasteiger partial charge in [-0.15, -0.1) is 0 Å². The van der Waals surface area contributed by atoms with Crippen molar-refractivity contribution in [2.45, 2.75) is 0 Å². The number of benzene rings is 4. The molecule has 0 saturated carbocycles. The molecule has 8 aromatic rings. The van der Waals surface area contributed by atoms with E-state index in [2.05, 4.69) is 101 Å². The van der Waals surface area contributed by atoms with Crippen LogP contribution in [-0.4, -0.2) is 19.5 Å². The van der Waals surface area contributed by atoms with Gasteiger partial charge >= 0.3 is 0 Å². The number of nitrogens with zero attached hydrogens (tertiary/aromatic N) is 4. The van der Waals surface area contributed by atoms with Crippen molar-refractivity contribution in [1.29, 1.82) is 0 Å². The van der Waals surface area contributed by atoms with E-state index in [1.807, 2.05) is 42.9 Å². The minimum atomic E-state index is 0.925. The molecular weight excluding hydrogens is 476 g/mol. The highest BCUT2D eigenvalue weighted by molar-refractivity contribution is 6.22. The van der Waals surface area contributed by atoms with Gasteiger partial charge in [-0.1, -0.05) is 66.7 Å². The van der Waals surface area contributed by atoms with Crippen LogP contribution in [0.4, 0.5) is 0 Å². The van der Waals surface area contributed by atoms with Gasteiger partial charge in [-0.25, -0.2) is 4.98 Å². The minimum Gasteiger partial charge on any atom is -0.293 e. The Bertz CT molecular complexity index is 2160. The lowest BCUT2D eigenvalue weighted by Crippen LogP contribution is -1.99. The maximum Gasteiger partial charge on any atom is 0.145 e. The molecule has 8 rings (SSSR count). The molecule has 4 heteroatoms. The molecule has 0 unspecified atom stereocenters. The summed E-state index contributed by atoms with van der Waals surface area (Å²) >= 11 is 0. The van der Waals surface area contributed by atoms with Gasteiger partial charge in [0, 0.05) is 51.3 Å². The van der Waals surface area contributed by atoms with Gasteiger partial charge in [-0.2, -0.15) is 0 Å². The second-order valence-corrected chi connectivity index (χ2v) is 9.72. The van der Waals surface area contributed by atoms with Crippen LogP contribution in [0.1, 0.15) is 0 Å². The number of hydrogen-bond acceptors (Lipinski definition) is 3. The van der Waals surface area contributed by atoms with Crippen LogP contribution >= 0.6 is 0 Å². The number of hydrogen-bond donors (Lipinski definition) is 0. The van der Waals surface area contributed by atoms with Gasteiger partial charge in [-0.05, 0) is 59.3 Å². The zero-order valence-corrected chi connectivity index (χ0v) is 21.0. The van der Waals surface area contributed by atoms with E-state index in [0.29, 0.717) is 0 Å². The Balaban J connectivity index is 1.58. The summed E-state index contributed by atoms with van der Waals surface area (Å²) in [6.45, 7) is 0. The van der Waals surface area contributed by atoms with E-state index in [-0.39, 0.29) is 0 Å². The van der Waals surface area contributed by atoms with E-state index in [1.165, 1.54) is 5.39 Å². The zero-order valence-electron chi connectivity index (χ0n) is 21.0. The normalized spacial score (nSPS) is 11.6. The minimum absolute atomic E-state index is 0.925. The summed E-state index contributed by atoms with van der Waals surface area (Å²) in [7, 11) is 0. The van der Waals surface area contributed by atoms with E-state index < -0.39 is 0 Å². The fourth-order valence-corrected chi connectivity index (χ4v) is 5.80. The van der Waals surface area contributed by atoms with Crippen LogP contribution < -0.4 is 0 Å². The van der Waals surface area contributed by atoms with Gasteiger partial charge in [0.05, 0.1) is 22.4 Å². The standard InChI is InChI=1S/C35H22N4/c1-2-10-25-23(9-1)17-20-38-35(25)39-33-16-15-24(31-13-5-7-18-36-31)21-29(33)30-22-28(32-14-6-8-19-37-32)26-11-3-4-12-27(26)34(30)39/h1-22H. The Morgan fingerprint density at radius 2 is 1.18 bits per heavy atom. The molecule has 0 aliphatic carbocycles. The van der Waals surface area contributed by atoms with Crippen molar-refractivity contribution in [3.63, 3.8) is 0 Å². The van der Waals surface area contributed by atoms with Crippen molar-refractivity contribution in [2.75, 3.05) is 0 Å². The van der Waals surface area contributed by atoms with Crippen molar-refractivity contribution in [2.24, 2.45) is 0 Å². The Hall–Kier alpha value is -5.35. The predicted octanol–water partition coefficient (Wildman–Crippen LogP) is 8.61. The third-order valence-electron chi connectivity index (χ3n) is 7.53. The van der Waals surface area contributed by atoms with E-state index in [1.54, 1.807) is 0 Å². The van der Waals surface area contributed by atoms with Crippen LogP contribution in [0.25, 0.3) is 71.7 Å². The molecule has 0 fully saturated rings. The van der Waals surface area contributed by atoms with Crippen molar-refractivity contribution in [3.05, 3.63) is 134 Å². The van der Waals surface area contributed by atoms with Crippen LogP contribution in [0.5, 0.6) is 0 Å². The maximum atomic E-state index is 4.96. The fraction of sp³-hybridized carbons (Fsp3) is 0. The molecule has 4 nitrogen and oxygen atoms in total. The molecule has 4 aromatic carbocycles. The average molecular weight is 499 g/mol. The molecule has 0 radical (unpaired) electrons. The zero-order chi connectivity index (χ0) is 25.8. The number of aromatic nitrogens is 4. The highest BCUT2D eigenvalue weighted by Crippen LogP contribution is 2.42. The van der Waals surface area contributed by atoms with Gasteiger partial charge in [0.15, 0.2) is 0 Å². The highest BCUT2D eigenvalue weighted by atomic mass is 15.1. The monoisotopic (exact) mass is 498 g/mol. The quantitative estimate of drug-likeness (QED) is 0.245. The molecule has 182 valence electrons. The van der Waals surface area contributed by atoms with E-state index >= 15 is 0 Å². The number of pyridine rings is 3. The van der Waals surface area contributed by atoms with Crippen LogP contribution in [0.15, 0.2) is 134 Å². The van der Waals surface area contributed by atoms with Gasteiger partial charge in [0.1, 0.15) is 5.82 Å². The van der Waals surface area contributed by atoms with Gasteiger partial charge < -0.3 is 0 Å². The number of fused-ring (bicyclic) bond motifs is 6. The van der Waals surface area contributed by atoms with E-state index in [0.717, 1.165) is 66.3 Å². The summed E-state index contributed by atoms with van der Waals surface area (Å²) in [6, 6.07) is 40.2. The molecule has 0 amide bonds. The van der Waals surface area contributed by atoms with Crippen LogP contribution in [0.2, 0.25) is 0 Å². The van der Waals surface area contributed by atoms with Crippen molar-refractivity contribution < 1.29 is 0 Å². The topological polar surface area (TPSA) is 43.6 Å². The fourth-order valence-electron chi connectivity index (χ4n) is 5.80.